The van der Waals surface area contributed by atoms with Crippen molar-refractivity contribution in [2.45, 2.75) is 0 Å². The van der Waals surface area contributed by atoms with E-state index in [4.69, 9.17) is 0 Å². The van der Waals surface area contributed by atoms with Crippen molar-refractivity contribution in [1.29, 1.82) is 0 Å². The number of hydrogen-bond acceptors (Lipinski definition) is 6. The van der Waals surface area contributed by atoms with Crippen LogP contribution in [0.25, 0.3) is 20.9 Å². The molecule has 5 nitrogen and oxygen atoms in total. The van der Waals surface area contributed by atoms with Gasteiger partial charge in [-0.25, -0.2) is 9.97 Å². The molecule has 0 aliphatic rings. The van der Waals surface area contributed by atoms with Gasteiger partial charge in [0.2, 0.25) is 0 Å². The minimum absolute atomic E-state index is 0.284. The fraction of sp³-hybridized carbons (Fsp3) is 0. The Morgan fingerprint density at radius 1 is 1.00 bits per heavy atom. The first-order valence-corrected chi connectivity index (χ1v) is 8.58. The van der Waals surface area contributed by atoms with Crippen LogP contribution in [0.4, 0.5) is 5.82 Å². The first-order chi connectivity index (χ1) is 11.3. The van der Waals surface area contributed by atoms with E-state index in [1.807, 2.05) is 41.8 Å². The molecular weight excluding hydrogens is 328 g/mol. The lowest BCUT2D eigenvalue weighted by Crippen LogP contribution is -2.13. The van der Waals surface area contributed by atoms with E-state index in [-0.39, 0.29) is 5.91 Å². The van der Waals surface area contributed by atoms with Gasteiger partial charge in [-0.05, 0) is 23.6 Å². The van der Waals surface area contributed by atoms with E-state index in [0.29, 0.717) is 11.5 Å². The molecule has 3 heterocycles. The summed E-state index contributed by atoms with van der Waals surface area (Å²) in [6.45, 7) is 0. The van der Waals surface area contributed by atoms with E-state index in [1.54, 1.807) is 22.9 Å². The molecule has 0 unspecified atom stereocenters. The molecule has 3 aromatic heterocycles. The number of aromatic nitrogens is 3. The van der Waals surface area contributed by atoms with Crippen LogP contribution in [0.15, 0.2) is 53.4 Å². The number of amides is 1. The molecule has 1 amide bonds. The standard InChI is InChI=1S/C16H10N4OS2/c21-15(12-9-23-16(19-12)13-6-3-7-22-13)20-14-8-17-10-4-1-2-5-11(10)18-14/h1-9H,(H,18,20,21). The fourth-order valence-corrected chi connectivity index (χ4v) is 3.70. The summed E-state index contributed by atoms with van der Waals surface area (Å²) < 4.78 is 0. The monoisotopic (exact) mass is 338 g/mol. The Balaban J connectivity index is 1.57. The number of anilines is 1. The average Bonchev–Trinajstić information content (AvgIpc) is 3.26. The molecule has 112 valence electrons. The number of carbonyl (C=O) groups is 1. The third-order valence-corrected chi connectivity index (χ3v) is 5.04. The number of carbonyl (C=O) groups excluding carboxylic acids is 1. The topological polar surface area (TPSA) is 67.8 Å². The van der Waals surface area contributed by atoms with Crippen LogP contribution in [0, 0.1) is 0 Å². The number of fused-ring (bicyclic) bond motifs is 1. The molecule has 0 aliphatic heterocycles. The van der Waals surface area contributed by atoms with Crippen molar-refractivity contribution in [3.63, 3.8) is 0 Å². The Morgan fingerprint density at radius 3 is 2.70 bits per heavy atom. The molecule has 4 rings (SSSR count). The number of benzene rings is 1. The Morgan fingerprint density at radius 2 is 1.87 bits per heavy atom. The number of para-hydroxylation sites is 2. The molecule has 0 aliphatic carbocycles. The molecule has 0 atom stereocenters. The van der Waals surface area contributed by atoms with E-state index in [9.17, 15) is 4.79 Å². The highest BCUT2D eigenvalue weighted by Crippen LogP contribution is 2.28. The number of thiazole rings is 1. The summed E-state index contributed by atoms with van der Waals surface area (Å²) in [5, 5.41) is 7.32. The van der Waals surface area contributed by atoms with Gasteiger partial charge < -0.3 is 5.32 Å². The van der Waals surface area contributed by atoms with Gasteiger partial charge in [-0.3, -0.25) is 9.78 Å². The Hall–Kier alpha value is -2.64. The summed E-state index contributed by atoms with van der Waals surface area (Å²) in [5.41, 5.74) is 1.91. The first kappa shape index (κ1) is 14.0. The van der Waals surface area contributed by atoms with E-state index < -0.39 is 0 Å². The van der Waals surface area contributed by atoms with Gasteiger partial charge in [0.25, 0.3) is 5.91 Å². The van der Waals surface area contributed by atoms with E-state index in [1.165, 1.54) is 11.3 Å². The second-order valence-corrected chi connectivity index (χ2v) is 6.52. The second-order valence-electron chi connectivity index (χ2n) is 4.71. The highest BCUT2D eigenvalue weighted by Gasteiger charge is 2.13. The molecule has 0 spiro atoms. The van der Waals surface area contributed by atoms with Crippen LogP contribution in [0.5, 0.6) is 0 Å². The molecule has 1 aromatic carbocycles. The van der Waals surface area contributed by atoms with E-state index in [0.717, 1.165) is 20.9 Å². The van der Waals surface area contributed by atoms with Crippen molar-refractivity contribution in [3.05, 3.63) is 59.0 Å². The van der Waals surface area contributed by atoms with Crippen molar-refractivity contribution in [1.82, 2.24) is 15.0 Å². The number of thiophene rings is 1. The van der Waals surface area contributed by atoms with Gasteiger partial charge in [0, 0.05) is 5.38 Å². The van der Waals surface area contributed by atoms with Gasteiger partial charge in [-0.1, -0.05) is 18.2 Å². The third kappa shape index (κ3) is 2.84. The molecule has 1 N–H and O–H groups in total. The third-order valence-electron chi connectivity index (χ3n) is 3.16. The molecule has 0 bridgehead atoms. The van der Waals surface area contributed by atoms with Crippen LogP contribution in [0.1, 0.15) is 10.5 Å². The summed E-state index contributed by atoms with van der Waals surface area (Å²) in [4.78, 5) is 26.4. The van der Waals surface area contributed by atoms with Gasteiger partial charge in [-0.15, -0.1) is 22.7 Å². The average molecular weight is 338 g/mol. The minimum atomic E-state index is -0.284. The predicted octanol–water partition coefficient (Wildman–Crippen LogP) is 4.07. The Kier molecular flexibility index (Phi) is 3.57. The van der Waals surface area contributed by atoms with Gasteiger partial charge >= 0.3 is 0 Å². The van der Waals surface area contributed by atoms with Crippen LogP contribution < -0.4 is 5.32 Å². The van der Waals surface area contributed by atoms with Crippen LogP contribution in [-0.2, 0) is 0 Å². The molecule has 0 saturated heterocycles. The number of rotatable bonds is 3. The number of hydrogen-bond donors (Lipinski definition) is 1. The van der Waals surface area contributed by atoms with Crippen LogP contribution in [0.3, 0.4) is 0 Å². The van der Waals surface area contributed by atoms with Crippen LogP contribution >= 0.6 is 22.7 Å². The molecule has 0 fully saturated rings. The Labute approximate surface area is 139 Å². The van der Waals surface area contributed by atoms with E-state index in [2.05, 4.69) is 20.3 Å². The first-order valence-electron chi connectivity index (χ1n) is 6.82. The van der Waals surface area contributed by atoms with Crippen LogP contribution in [-0.4, -0.2) is 20.9 Å². The zero-order valence-corrected chi connectivity index (χ0v) is 13.4. The second kappa shape index (κ2) is 5.86. The van der Waals surface area contributed by atoms with Crippen molar-refractivity contribution < 1.29 is 4.79 Å². The Bertz CT molecular complexity index is 979. The van der Waals surface area contributed by atoms with Crippen LogP contribution in [0.2, 0.25) is 0 Å². The largest absolute Gasteiger partial charge is 0.304 e. The zero-order valence-electron chi connectivity index (χ0n) is 11.8. The highest BCUT2D eigenvalue weighted by molar-refractivity contribution is 7.20. The lowest BCUT2D eigenvalue weighted by molar-refractivity contribution is 0.102. The zero-order chi connectivity index (χ0) is 15.6. The summed E-state index contributed by atoms with van der Waals surface area (Å²) in [5.74, 6) is 0.132. The van der Waals surface area contributed by atoms with E-state index >= 15 is 0 Å². The number of nitrogens with one attached hydrogen (secondary N) is 1. The van der Waals surface area contributed by atoms with Crippen molar-refractivity contribution in [2.24, 2.45) is 0 Å². The molecule has 7 heteroatoms. The maximum Gasteiger partial charge on any atom is 0.276 e. The summed E-state index contributed by atoms with van der Waals surface area (Å²) >= 11 is 3.05. The normalized spacial score (nSPS) is 10.8. The predicted molar refractivity (Wildman–Crippen MR) is 92.9 cm³/mol. The smallest absolute Gasteiger partial charge is 0.276 e. The minimum Gasteiger partial charge on any atom is -0.304 e. The maximum atomic E-state index is 12.3. The van der Waals surface area contributed by atoms with Crippen molar-refractivity contribution in [3.8, 4) is 9.88 Å². The van der Waals surface area contributed by atoms with Gasteiger partial charge in [0.15, 0.2) is 5.82 Å². The lowest BCUT2D eigenvalue weighted by atomic mass is 10.3. The van der Waals surface area contributed by atoms with Crippen molar-refractivity contribution in [2.75, 3.05) is 5.32 Å². The van der Waals surface area contributed by atoms with Gasteiger partial charge in [-0.2, -0.15) is 0 Å². The SMILES string of the molecule is O=C(Nc1cnc2ccccc2n1)c1csc(-c2cccs2)n1. The van der Waals surface area contributed by atoms with Gasteiger partial charge in [0.05, 0.1) is 22.1 Å². The highest BCUT2D eigenvalue weighted by atomic mass is 32.1. The fourth-order valence-electron chi connectivity index (χ4n) is 2.09. The molecule has 4 aromatic rings. The molecule has 0 radical (unpaired) electrons. The number of nitrogens with zero attached hydrogens (tertiary/aromatic N) is 3. The van der Waals surface area contributed by atoms with Gasteiger partial charge in [0.1, 0.15) is 10.7 Å². The quantitative estimate of drug-likeness (QED) is 0.611. The van der Waals surface area contributed by atoms with Crippen molar-refractivity contribution >= 4 is 45.4 Å². The summed E-state index contributed by atoms with van der Waals surface area (Å²) in [7, 11) is 0. The lowest BCUT2D eigenvalue weighted by Gasteiger charge is -2.03. The molecule has 0 saturated carbocycles. The summed E-state index contributed by atoms with van der Waals surface area (Å²) in [6, 6.07) is 11.5. The molecule has 23 heavy (non-hydrogen) atoms. The molecular formula is C16H10N4OS2. The maximum absolute atomic E-state index is 12.3. The summed E-state index contributed by atoms with van der Waals surface area (Å²) in [6.07, 6.45) is 1.55.